The first-order chi connectivity index (χ1) is 19.4. The minimum atomic E-state index is -0.587. The van der Waals surface area contributed by atoms with Gasteiger partial charge in [0.2, 0.25) is 17.7 Å². The van der Waals surface area contributed by atoms with Crippen LogP contribution in [-0.2, 0) is 20.9 Å². The normalized spacial score (nSPS) is 21.9. The summed E-state index contributed by atoms with van der Waals surface area (Å²) in [5, 5.41) is 6.34. The van der Waals surface area contributed by atoms with E-state index in [-0.39, 0.29) is 29.7 Å². The quantitative estimate of drug-likeness (QED) is 0.374. The van der Waals surface area contributed by atoms with Crippen molar-refractivity contribution in [2.75, 3.05) is 36.2 Å². The van der Waals surface area contributed by atoms with Gasteiger partial charge in [-0.15, -0.1) is 11.8 Å². The van der Waals surface area contributed by atoms with E-state index in [2.05, 4.69) is 39.8 Å². The molecule has 2 aliphatic heterocycles. The average Bonchev–Trinajstić information content (AvgIpc) is 3.45. The summed E-state index contributed by atoms with van der Waals surface area (Å²) in [5.74, 6) is 3.43. The number of carbonyl (C=O) groups excluding carboxylic acids is 3. The first-order valence-electron chi connectivity index (χ1n) is 15.2. The van der Waals surface area contributed by atoms with Crippen LogP contribution < -0.4 is 10.6 Å². The molecule has 3 fully saturated rings. The number of nitrogens with one attached hydrogen (secondary N) is 2. The van der Waals surface area contributed by atoms with Gasteiger partial charge in [-0.2, -0.15) is 11.8 Å². The number of thioether (sulfide) groups is 2. The summed E-state index contributed by atoms with van der Waals surface area (Å²) in [6.07, 6.45) is 8.72. The van der Waals surface area contributed by atoms with Crippen molar-refractivity contribution in [1.82, 2.24) is 20.4 Å². The molecule has 2 heterocycles. The fourth-order valence-corrected chi connectivity index (χ4v) is 8.36. The summed E-state index contributed by atoms with van der Waals surface area (Å²) < 4.78 is 0. The molecule has 40 heavy (non-hydrogen) atoms. The zero-order valence-electron chi connectivity index (χ0n) is 24.3. The molecular weight excluding hydrogens is 541 g/mol. The molecule has 0 spiro atoms. The highest BCUT2D eigenvalue weighted by Crippen LogP contribution is 2.27. The molecule has 1 saturated carbocycles. The molecule has 4 rings (SSSR count). The highest BCUT2D eigenvalue weighted by Gasteiger charge is 2.37. The maximum atomic E-state index is 13.5. The van der Waals surface area contributed by atoms with Crippen molar-refractivity contribution in [2.45, 2.75) is 89.9 Å². The average molecular weight is 589 g/mol. The molecule has 7 nitrogen and oxygen atoms in total. The van der Waals surface area contributed by atoms with E-state index in [0.29, 0.717) is 29.7 Å². The van der Waals surface area contributed by atoms with Crippen molar-refractivity contribution in [3.63, 3.8) is 0 Å². The molecule has 1 aromatic rings. The van der Waals surface area contributed by atoms with Crippen LogP contribution in [0.4, 0.5) is 0 Å². The predicted molar refractivity (Wildman–Crippen MR) is 166 cm³/mol. The summed E-state index contributed by atoms with van der Waals surface area (Å²) >= 11 is 3.40. The van der Waals surface area contributed by atoms with Gasteiger partial charge in [-0.1, -0.05) is 63.4 Å². The van der Waals surface area contributed by atoms with Crippen molar-refractivity contribution in [1.29, 1.82) is 0 Å². The molecule has 222 valence electrons. The summed E-state index contributed by atoms with van der Waals surface area (Å²) in [7, 11) is 0. The van der Waals surface area contributed by atoms with Crippen LogP contribution in [0.5, 0.6) is 0 Å². The highest BCUT2D eigenvalue weighted by molar-refractivity contribution is 7.99. The lowest BCUT2D eigenvalue weighted by Crippen LogP contribution is -2.56. The number of likely N-dealkylation sites (tertiary alicyclic amines) is 1. The van der Waals surface area contributed by atoms with Crippen molar-refractivity contribution < 1.29 is 14.4 Å². The van der Waals surface area contributed by atoms with Crippen LogP contribution in [-0.4, -0.2) is 81.9 Å². The molecule has 2 saturated heterocycles. The number of carbonyl (C=O) groups is 3. The lowest BCUT2D eigenvalue weighted by atomic mass is 9.91. The molecule has 0 radical (unpaired) electrons. The Hall–Kier alpha value is -1.71. The second-order valence-electron chi connectivity index (χ2n) is 12.1. The molecule has 0 unspecified atom stereocenters. The largest absolute Gasteiger partial charge is 0.351 e. The number of piperidine rings is 1. The minimum absolute atomic E-state index is 0.0232. The van der Waals surface area contributed by atoms with Gasteiger partial charge < -0.3 is 15.5 Å². The molecule has 0 aromatic heterocycles. The number of amides is 3. The Morgan fingerprint density at radius 1 is 1.02 bits per heavy atom. The molecular formula is C31H48N4O3S2. The van der Waals surface area contributed by atoms with Crippen LogP contribution in [0.15, 0.2) is 30.3 Å². The van der Waals surface area contributed by atoms with Gasteiger partial charge in [0.1, 0.15) is 12.1 Å². The SMILES string of the molecule is CC(C)CC(=O)N1CSC[C@H]1C(=O)N[C@@H](CSCC1CCCCC1)C(=O)NC1CCN(Cc2ccccc2)CC1. The Kier molecular flexibility index (Phi) is 12.5. The maximum Gasteiger partial charge on any atom is 0.244 e. The van der Waals surface area contributed by atoms with Crippen LogP contribution in [0.25, 0.3) is 0 Å². The topological polar surface area (TPSA) is 81.8 Å². The monoisotopic (exact) mass is 588 g/mol. The van der Waals surface area contributed by atoms with Gasteiger partial charge in [0, 0.05) is 43.6 Å². The fourth-order valence-electron chi connectivity index (χ4n) is 5.91. The zero-order valence-corrected chi connectivity index (χ0v) is 25.9. The smallest absolute Gasteiger partial charge is 0.244 e. The van der Waals surface area contributed by atoms with E-state index >= 15 is 0 Å². The maximum absolute atomic E-state index is 13.5. The van der Waals surface area contributed by atoms with E-state index in [0.717, 1.165) is 38.2 Å². The molecule has 9 heteroatoms. The van der Waals surface area contributed by atoms with Crippen LogP contribution in [0.2, 0.25) is 0 Å². The van der Waals surface area contributed by atoms with Crippen molar-refractivity contribution in [2.24, 2.45) is 11.8 Å². The third-order valence-corrected chi connectivity index (χ3v) is 10.6. The Balaban J connectivity index is 1.31. The number of hydrogen-bond acceptors (Lipinski definition) is 6. The van der Waals surface area contributed by atoms with E-state index in [9.17, 15) is 14.4 Å². The molecule has 2 N–H and O–H groups in total. The second-order valence-corrected chi connectivity index (χ2v) is 14.2. The van der Waals surface area contributed by atoms with E-state index < -0.39 is 12.1 Å². The van der Waals surface area contributed by atoms with E-state index in [1.807, 2.05) is 19.9 Å². The van der Waals surface area contributed by atoms with Gasteiger partial charge >= 0.3 is 0 Å². The number of rotatable bonds is 12. The van der Waals surface area contributed by atoms with Crippen LogP contribution in [0.3, 0.4) is 0 Å². The lowest BCUT2D eigenvalue weighted by molar-refractivity contribution is -0.139. The van der Waals surface area contributed by atoms with Crippen LogP contribution in [0, 0.1) is 11.8 Å². The third-order valence-electron chi connectivity index (χ3n) is 8.27. The van der Waals surface area contributed by atoms with Crippen molar-refractivity contribution in [3.8, 4) is 0 Å². The summed E-state index contributed by atoms with van der Waals surface area (Å²) in [6, 6.07) is 9.54. The number of benzene rings is 1. The second kappa shape index (κ2) is 16.1. The summed E-state index contributed by atoms with van der Waals surface area (Å²) in [4.78, 5) is 43.9. The van der Waals surface area contributed by atoms with Gasteiger partial charge in [-0.05, 0) is 48.8 Å². The first kappa shape index (κ1) is 31.2. The Morgan fingerprint density at radius 3 is 2.45 bits per heavy atom. The molecule has 3 amide bonds. The Labute approximate surface area is 249 Å². The molecule has 1 aromatic carbocycles. The molecule has 0 bridgehead atoms. The van der Waals surface area contributed by atoms with Gasteiger partial charge in [0.05, 0.1) is 5.88 Å². The van der Waals surface area contributed by atoms with E-state index in [1.54, 1.807) is 28.4 Å². The fraction of sp³-hybridized carbons (Fsp3) is 0.710. The highest BCUT2D eigenvalue weighted by atomic mass is 32.2. The minimum Gasteiger partial charge on any atom is -0.351 e. The lowest BCUT2D eigenvalue weighted by Gasteiger charge is -2.33. The Morgan fingerprint density at radius 2 is 1.75 bits per heavy atom. The number of hydrogen-bond donors (Lipinski definition) is 2. The van der Waals surface area contributed by atoms with Crippen LogP contribution in [0.1, 0.15) is 70.8 Å². The van der Waals surface area contributed by atoms with Gasteiger partial charge in [0.25, 0.3) is 0 Å². The number of nitrogens with zero attached hydrogens (tertiary/aromatic N) is 2. The van der Waals surface area contributed by atoms with E-state index in [1.165, 1.54) is 37.7 Å². The summed E-state index contributed by atoms with van der Waals surface area (Å²) in [6.45, 7) is 6.86. The van der Waals surface area contributed by atoms with E-state index in [4.69, 9.17) is 0 Å². The third kappa shape index (κ3) is 9.69. The van der Waals surface area contributed by atoms with Gasteiger partial charge in [-0.3, -0.25) is 19.3 Å². The van der Waals surface area contributed by atoms with Crippen molar-refractivity contribution in [3.05, 3.63) is 35.9 Å². The molecule has 3 aliphatic rings. The van der Waals surface area contributed by atoms with Gasteiger partial charge in [0.15, 0.2) is 0 Å². The standard InChI is InChI=1S/C31H48N4O3S2/c1-23(2)17-29(36)35-22-40-21-28(35)31(38)33-27(20-39-19-25-11-7-4-8-12-25)30(37)32-26-13-15-34(16-14-26)18-24-9-5-3-6-10-24/h3,5-6,9-10,23,25-28H,4,7-8,11-22H2,1-2H3,(H,32,37)(H,33,38)/t27-,28-/m0/s1. The van der Waals surface area contributed by atoms with Crippen LogP contribution >= 0.6 is 23.5 Å². The molecule has 2 atom stereocenters. The van der Waals surface area contributed by atoms with Gasteiger partial charge in [-0.25, -0.2) is 0 Å². The predicted octanol–water partition coefficient (Wildman–Crippen LogP) is 4.51. The zero-order chi connectivity index (χ0) is 28.3. The Bertz CT molecular complexity index is 949. The molecule has 1 aliphatic carbocycles. The first-order valence-corrected chi connectivity index (χ1v) is 17.5. The summed E-state index contributed by atoms with van der Waals surface area (Å²) in [5.41, 5.74) is 1.31. The van der Waals surface area contributed by atoms with Crippen molar-refractivity contribution >= 4 is 41.2 Å².